The van der Waals surface area contributed by atoms with Crippen LogP contribution < -0.4 is 10.6 Å². The first-order valence-electron chi connectivity index (χ1n) is 18.9. The van der Waals surface area contributed by atoms with Gasteiger partial charge in [0.2, 0.25) is 11.8 Å². The quantitative estimate of drug-likeness (QED) is 0.128. The molecule has 10 atom stereocenters. The Bertz CT molecular complexity index is 1330. The molecule has 4 rings (SSSR count). The van der Waals surface area contributed by atoms with Crippen molar-refractivity contribution in [3.8, 4) is 0 Å². The zero-order valence-corrected chi connectivity index (χ0v) is 31.3. The van der Waals surface area contributed by atoms with E-state index < -0.39 is 72.4 Å². The van der Waals surface area contributed by atoms with Gasteiger partial charge in [-0.25, -0.2) is 0 Å². The average molecular weight is 754 g/mol. The standard InChI is InChI=1S/C38H58F6N2O6/c1-20-7-11-26(30-18-51-22(3)9-13-24(20)30)28(33(48)37(39,40)41)16-45-32(47)15-36(5,6)35(50)46-17-29(34(49)38(42,43)44)27-12-8-21(2)25-14-10-23(4)52-19-31(25)27/h20-27,30-31,48-49H,7-19H2,1-6H3,(H,45,47)(H,46,50)/p+1/b33-28-,34-29-/t20-,21-,22+,23+,24+,25?,26+,27?,30?,31?/m1/s1. The molecule has 0 radical (unpaired) electrons. The molecule has 2 aliphatic carbocycles. The Hall–Kier alpha value is -2.48. The van der Waals surface area contributed by atoms with Gasteiger partial charge in [0.25, 0.3) is 0 Å². The summed E-state index contributed by atoms with van der Waals surface area (Å²) in [5.74, 6) is -5.75. The lowest BCUT2D eigenvalue weighted by atomic mass is 9.63. The minimum Gasteiger partial charge on any atom is -0.590 e. The second-order valence-electron chi connectivity index (χ2n) is 16.7. The molecule has 4 fully saturated rings. The van der Waals surface area contributed by atoms with Crippen LogP contribution in [0.5, 0.6) is 0 Å². The molecule has 4 aliphatic rings. The summed E-state index contributed by atoms with van der Waals surface area (Å²) in [5, 5.41) is 23.6. The molecular formula is C38H59F6N2O6+. The Morgan fingerprint density at radius 3 is 1.60 bits per heavy atom. The van der Waals surface area contributed by atoms with Crippen LogP contribution in [-0.2, 0) is 19.1 Å². The van der Waals surface area contributed by atoms with E-state index in [0.717, 1.165) is 25.7 Å². The minimum absolute atomic E-state index is 0.0287. The normalized spacial score (nSPS) is 34.4. The topological polar surface area (TPSA) is 120 Å². The van der Waals surface area contributed by atoms with Crippen molar-refractivity contribution in [2.45, 2.75) is 124 Å². The SMILES string of the molecule is C[C@@H]1CCC(/C(CNC(=O)C(C)(C)CC(=O)NC/C(=C(/[OH2+])C(F)(F)F)[C@@H]2CC[C@@H](C)[C@@H]3CC[C@H](C)OCC32)=C(\O)C(F)(F)F)C2CO[C@@H](C)CCC21. The van der Waals surface area contributed by atoms with Crippen LogP contribution in [0.1, 0.15) is 99.3 Å². The number of aliphatic hydroxyl groups excluding tert-OH is 1. The predicted molar refractivity (Wildman–Crippen MR) is 184 cm³/mol. The zero-order valence-electron chi connectivity index (χ0n) is 31.3. The second kappa shape index (κ2) is 16.9. The highest BCUT2D eigenvalue weighted by Crippen LogP contribution is 2.49. The number of ether oxygens (including phenoxy) is 2. The molecule has 2 saturated carbocycles. The molecule has 0 aromatic rings. The Morgan fingerprint density at radius 1 is 0.673 bits per heavy atom. The molecule has 0 aromatic carbocycles. The summed E-state index contributed by atoms with van der Waals surface area (Å²) in [7, 11) is 0. The summed E-state index contributed by atoms with van der Waals surface area (Å²) in [4.78, 5) is 26.7. The van der Waals surface area contributed by atoms with E-state index in [9.17, 15) is 41.0 Å². The number of aliphatic hydroxyl groups is 1. The highest BCUT2D eigenvalue weighted by atomic mass is 19.4. The number of carbonyl (C=O) groups excluding carboxylic acids is 2. The molecule has 5 N–H and O–H groups in total. The number of fused-ring (bicyclic) bond motifs is 2. The number of allylic oxidation sites excluding steroid dienone is 2. The highest BCUT2D eigenvalue weighted by Gasteiger charge is 2.49. The Balaban J connectivity index is 1.47. The number of amides is 2. The van der Waals surface area contributed by atoms with E-state index in [-0.39, 0.29) is 72.1 Å². The maximum atomic E-state index is 14.0. The molecule has 8 nitrogen and oxygen atoms in total. The summed E-state index contributed by atoms with van der Waals surface area (Å²) in [6.07, 6.45) is -5.20. The minimum atomic E-state index is -5.04. The molecule has 4 unspecified atom stereocenters. The van der Waals surface area contributed by atoms with Crippen LogP contribution in [-0.4, -0.2) is 72.9 Å². The monoisotopic (exact) mass is 753 g/mol. The van der Waals surface area contributed by atoms with Crippen molar-refractivity contribution in [1.29, 1.82) is 0 Å². The smallest absolute Gasteiger partial charge is 0.500 e. The van der Waals surface area contributed by atoms with Gasteiger partial charge in [0, 0.05) is 19.5 Å². The zero-order chi connectivity index (χ0) is 38.8. The van der Waals surface area contributed by atoms with Gasteiger partial charge in [0.15, 0.2) is 5.76 Å². The molecule has 0 bridgehead atoms. The first-order valence-corrected chi connectivity index (χ1v) is 18.9. The third kappa shape index (κ3) is 10.2. The van der Waals surface area contributed by atoms with Crippen molar-refractivity contribution < 1.29 is 55.6 Å². The van der Waals surface area contributed by atoms with Crippen LogP contribution in [0.25, 0.3) is 0 Å². The van der Waals surface area contributed by atoms with Crippen molar-refractivity contribution in [1.82, 2.24) is 10.6 Å². The van der Waals surface area contributed by atoms with Crippen LogP contribution in [0.3, 0.4) is 0 Å². The van der Waals surface area contributed by atoms with Gasteiger partial charge in [-0.05, 0) is 118 Å². The van der Waals surface area contributed by atoms with E-state index in [1.807, 2.05) is 13.8 Å². The first kappa shape index (κ1) is 42.3. The van der Waals surface area contributed by atoms with Crippen LogP contribution in [0.4, 0.5) is 26.3 Å². The lowest BCUT2D eigenvalue weighted by Gasteiger charge is -2.42. The van der Waals surface area contributed by atoms with Gasteiger partial charge in [0.05, 0.1) is 36.4 Å². The lowest BCUT2D eigenvalue weighted by Crippen LogP contribution is -2.45. The van der Waals surface area contributed by atoms with E-state index in [1.54, 1.807) is 0 Å². The van der Waals surface area contributed by atoms with Crippen LogP contribution in [0.15, 0.2) is 22.7 Å². The molecule has 298 valence electrons. The number of halogens is 6. The van der Waals surface area contributed by atoms with Crippen molar-refractivity contribution in [3.05, 3.63) is 22.7 Å². The lowest BCUT2D eigenvalue weighted by molar-refractivity contribution is -0.135. The van der Waals surface area contributed by atoms with Crippen molar-refractivity contribution in [2.24, 2.45) is 52.8 Å². The van der Waals surface area contributed by atoms with Gasteiger partial charge in [0.1, 0.15) is 0 Å². The van der Waals surface area contributed by atoms with Crippen molar-refractivity contribution in [2.75, 3.05) is 26.3 Å². The highest BCUT2D eigenvalue weighted by molar-refractivity contribution is 5.88. The summed E-state index contributed by atoms with van der Waals surface area (Å²) in [6.45, 7) is 10.3. The Morgan fingerprint density at radius 2 is 1.13 bits per heavy atom. The van der Waals surface area contributed by atoms with Gasteiger partial charge in [-0.15, -0.1) is 0 Å². The van der Waals surface area contributed by atoms with Crippen LogP contribution in [0, 0.1) is 52.8 Å². The van der Waals surface area contributed by atoms with Crippen molar-refractivity contribution in [3.63, 3.8) is 0 Å². The van der Waals surface area contributed by atoms with Gasteiger partial charge in [-0.1, -0.05) is 27.7 Å². The van der Waals surface area contributed by atoms with E-state index >= 15 is 0 Å². The molecule has 0 aromatic heterocycles. The Labute approximate surface area is 303 Å². The van der Waals surface area contributed by atoms with Crippen molar-refractivity contribution >= 4 is 11.8 Å². The number of hydrogen-bond acceptors (Lipinski definition) is 5. The molecule has 0 spiro atoms. The molecule has 52 heavy (non-hydrogen) atoms. The number of alkyl halides is 6. The number of rotatable bonds is 9. The molecule has 2 saturated heterocycles. The third-order valence-corrected chi connectivity index (χ3v) is 12.6. The third-order valence-electron chi connectivity index (χ3n) is 12.6. The Kier molecular flexibility index (Phi) is 13.7. The fourth-order valence-electron chi connectivity index (χ4n) is 9.41. The van der Waals surface area contributed by atoms with Crippen LogP contribution >= 0.6 is 0 Å². The molecule has 2 aliphatic heterocycles. The fraction of sp³-hybridized carbons (Fsp3) is 0.842. The van der Waals surface area contributed by atoms with E-state index in [0.29, 0.717) is 25.7 Å². The maximum absolute atomic E-state index is 14.0. The second-order valence-corrected chi connectivity index (χ2v) is 16.7. The summed E-state index contributed by atoms with van der Waals surface area (Å²) in [6, 6.07) is 0. The average Bonchev–Trinajstić information content (AvgIpc) is 3.38. The predicted octanol–water partition coefficient (Wildman–Crippen LogP) is 7.51. The molecule has 2 heterocycles. The number of nitrogens with one attached hydrogen (secondary N) is 2. The molecule has 2 amide bonds. The largest absolute Gasteiger partial charge is 0.590 e. The van der Waals surface area contributed by atoms with Gasteiger partial charge in [-0.3, -0.25) is 9.59 Å². The van der Waals surface area contributed by atoms with Gasteiger partial charge >= 0.3 is 18.1 Å². The summed E-state index contributed by atoms with van der Waals surface area (Å²) in [5.41, 5.74) is -2.00. The maximum Gasteiger partial charge on any atom is 0.500 e. The van der Waals surface area contributed by atoms with Crippen LogP contribution in [0.2, 0.25) is 0 Å². The van der Waals surface area contributed by atoms with Gasteiger partial charge < -0.3 is 30.3 Å². The van der Waals surface area contributed by atoms with E-state index in [2.05, 4.69) is 24.5 Å². The number of carbonyl (C=O) groups is 2. The summed E-state index contributed by atoms with van der Waals surface area (Å²) < 4.78 is 95.9. The van der Waals surface area contributed by atoms with E-state index in [1.165, 1.54) is 13.8 Å². The molecule has 14 heteroatoms. The molecular weight excluding hydrogens is 694 g/mol. The van der Waals surface area contributed by atoms with Gasteiger partial charge in [-0.2, -0.15) is 26.3 Å². The number of hydrogen-bond donors (Lipinski definition) is 3. The van der Waals surface area contributed by atoms with E-state index in [4.69, 9.17) is 14.6 Å². The fourth-order valence-corrected chi connectivity index (χ4v) is 9.41. The summed E-state index contributed by atoms with van der Waals surface area (Å²) >= 11 is 0. The first-order chi connectivity index (χ1) is 24.1.